The van der Waals surface area contributed by atoms with Gasteiger partial charge in [-0.3, -0.25) is 9.69 Å². The van der Waals surface area contributed by atoms with Gasteiger partial charge >= 0.3 is 5.97 Å². The van der Waals surface area contributed by atoms with Gasteiger partial charge in [-0.2, -0.15) is 0 Å². The van der Waals surface area contributed by atoms with Crippen LogP contribution in [0.4, 0.5) is 0 Å². The number of nitrogens with zero attached hydrogens (tertiary/aromatic N) is 1. The van der Waals surface area contributed by atoms with E-state index in [4.69, 9.17) is 25.8 Å². The minimum absolute atomic E-state index is 0.356. The third-order valence-corrected chi connectivity index (χ3v) is 5.69. The van der Waals surface area contributed by atoms with Crippen molar-refractivity contribution >= 4 is 17.6 Å². The SMILES string of the molecule is CCOc1cc(C(c2cc(Cl)ccc2OC)N2CCCCC2C(=O)O)ccc1OC. The number of halogens is 1. The monoisotopic (exact) mass is 433 g/mol. The molecule has 0 aromatic heterocycles. The first-order valence-electron chi connectivity index (χ1n) is 10.1. The largest absolute Gasteiger partial charge is 0.496 e. The van der Waals surface area contributed by atoms with Crippen LogP contribution >= 0.6 is 11.6 Å². The predicted octanol–water partition coefficient (Wildman–Crippen LogP) is 4.78. The van der Waals surface area contributed by atoms with Crippen molar-refractivity contribution < 1.29 is 24.1 Å². The summed E-state index contributed by atoms with van der Waals surface area (Å²) >= 11 is 6.34. The van der Waals surface area contributed by atoms with Gasteiger partial charge in [0.2, 0.25) is 0 Å². The number of benzene rings is 2. The van der Waals surface area contributed by atoms with Crippen LogP contribution in [0.1, 0.15) is 43.4 Å². The lowest BCUT2D eigenvalue weighted by molar-refractivity contribution is -0.145. The van der Waals surface area contributed by atoms with E-state index in [-0.39, 0.29) is 6.04 Å². The lowest BCUT2D eigenvalue weighted by Gasteiger charge is -2.40. The highest BCUT2D eigenvalue weighted by molar-refractivity contribution is 6.30. The molecule has 1 saturated heterocycles. The highest BCUT2D eigenvalue weighted by Gasteiger charge is 2.36. The smallest absolute Gasteiger partial charge is 0.320 e. The molecule has 0 spiro atoms. The van der Waals surface area contributed by atoms with Crippen LogP contribution in [0.5, 0.6) is 17.2 Å². The first-order chi connectivity index (χ1) is 14.5. The maximum atomic E-state index is 12.1. The molecule has 7 heteroatoms. The number of hydrogen-bond acceptors (Lipinski definition) is 5. The van der Waals surface area contributed by atoms with Crippen LogP contribution in [-0.4, -0.2) is 49.4 Å². The Morgan fingerprint density at radius 3 is 2.53 bits per heavy atom. The average Bonchev–Trinajstić information content (AvgIpc) is 2.75. The number of carboxylic acids is 1. The minimum Gasteiger partial charge on any atom is -0.496 e. The summed E-state index contributed by atoms with van der Waals surface area (Å²) in [7, 11) is 3.20. The van der Waals surface area contributed by atoms with E-state index in [0.717, 1.165) is 24.0 Å². The van der Waals surface area contributed by atoms with E-state index >= 15 is 0 Å². The van der Waals surface area contributed by atoms with Crippen LogP contribution in [0.3, 0.4) is 0 Å². The van der Waals surface area contributed by atoms with E-state index in [1.165, 1.54) is 0 Å². The van der Waals surface area contributed by atoms with Crippen molar-refractivity contribution in [2.75, 3.05) is 27.4 Å². The van der Waals surface area contributed by atoms with E-state index in [2.05, 4.69) is 0 Å². The molecule has 0 amide bonds. The molecule has 6 nitrogen and oxygen atoms in total. The van der Waals surface area contributed by atoms with Crippen LogP contribution in [0, 0.1) is 0 Å². The molecule has 0 aliphatic carbocycles. The van der Waals surface area contributed by atoms with Gasteiger partial charge in [0.25, 0.3) is 0 Å². The molecule has 0 bridgehead atoms. The zero-order valence-corrected chi connectivity index (χ0v) is 18.3. The third-order valence-electron chi connectivity index (χ3n) is 5.45. The summed E-state index contributed by atoms with van der Waals surface area (Å²) in [6.07, 6.45) is 2.42. The number of hydrogen-bond donors (Lipinski definition) is 1. The molecule has 30 heavy (non-hydrogen) atoms. The van der Waals surface area contributed by atoms with Crippen molar-refractivity contribution in [3.8, 4) is 17.2 Å². The third kappa shape index (κ3) is 4.65. The maximum absolute atomic E-state index is 12.1. The first-order valence-corrected chi connectivity index (χ1v) is 10.5. The lowest BCUT2D eigenvalue weighted by Crippen LogP contribution is -2.46. The molecule has 162 valence electrons. The lowest BCUT2D eigenvalue weighted by atomic mass is 9.91. The fraction of sp³-hybridized carbons (Fsp3) is 0.435. The molecule has 2 aromatic carbocycles. The number of aliphatic carboxylic acids is 1. The number of ether oxygens (including phenoxy) is 3. The second-order valence-electron chi connectivity index (χ2n) is 7.22. The molecule has 0 saturated carbocycles. The first kappa shape index (κ1) is 22.2. The van der Waals surface area contributed by atoms with E-state index in [1.54, 1.807) is 20.3 Å². The van der Waals surface area contributed by atoms with Gasteiger partial charge in [-0.15, -0.1) is 0 Å². The molecule has 1 aliphatic heterocycles. The Bertz CT molecular complexity index is 888. The summed E-state index contributed by atoms with van der Waals surface area (Å²) in [5, 5.41) is 10.5. The molecular formula is C23H28ClNO5. The van der Waals surface area contributed by atoms with Gasteiger partial charge in [0.15, 0.2) is 11.5 Å². The molecule has 1 aliphatic rings. The molecule has 0 radical (unpaired) electrons. The number of piperidine rings is 1. The zero-order valence-electron chi connectivity index (χ0n) is 17.6. The van der Waals surface area contributed by atoms with Crippen molar-refractivity contribution in [3.05, 3.63) is 52.5 Å². The number of carbonyl (C=O) groups is 1. The highest BCUT2D eigenvalue weighted by Crippen LogP contribution is 2.42. The standard InChI is InChI=1S/C23H28ClNO5/c1-4-30-21-13-15(8-10-20(21)29-3)22(17-14-16(24)9-11-19(17)28-2)25-12-6-5-7-18(25)23(26)27/h8-11,13-14,18,22H,4-7,12H2,1-3H3,(H,26,27). The van der Waals surface area contributed by atoms with Crippen LogP contribution in [0.2, 0.25) is 5.02 Å². The second kappa shape index (κ2) is 10.0. The van der Waals surface area contributed by atoms with Crippen LogP contribution < -0.4 is 14.2 Å². The maximum Gasteiger partial charge on any atom is 0.320 e. The van der Waals surface area contributed by atoms with Gasteiger partial charge in [0.1, 0.15) is 11.8 Å². The number of carboxylic acid groups (broad SMARTS) is 1. The normalized spacial score (nSPS) is 17.9. The van der Waals surface area contributed by atoms with Crippen molar-refractivity contribution in [2.45, 2.75) is 38.3 Å². The minimum atomic E-state index is -0.820. The Morgan fingerprint density at radius 2 is 1.87 bits per heavy atom. The Labute approximate surface area is 182 Å². The van der Waals surface area contributed by atoms with Crippen molar-refractivity contribution in [2.24, 2.45) is 0 Å². The van der Waals surface area contributed by atoms with Crippen molar-refractivity contribution in [3.63, 3.8) is 0 Å². The fourth-order valence-electron chi connectivity index (χ4n) is 4.13. The molecule has 2 atom stereocenters. The summed E-state index contributed by atoms with van der Waals surface area (Å²) in [5.41, 5.74) is 1.72. The molecule has 3 rings (SSSR count). The average molecular weight is 434 g/mol. The van der Waals surface area contributed by atoms with Gasteiger partial charge in [-0.05, 0) is 62.2 Å². The van der Waals surface area contributed by atoms with E-state index in [9.17, 15) is 9.90 Å². The van der Waals surface area contributed by atoms with E-state index < -0.39 is 12.0 Å². The molecular weight excluding hydrogens is 406 g/mol. The highest BCUT2D eigenvalue weighted by atomic mass is 35.5. The van der Waals surface area contributed by atoms with Crippen LogP contribution in [0.25, 0.3) is 0 Å². The summed E-state index contributed by atoms with van der Waals surface area (Å²) in [6.45, 7) is 3.06. The quantitative estimate of drug-likeness (QED) is 0.645. The summed E-state index contributed by atoms with van der Waals surface area (Å²) in [6, 6.07) is 10.2. The van der Waals surface area contributed by atoms with Gasteiger partial charge in [0.05, 0.1) is 26.9 Å². The van der Waals surface area contributed by atoms with Gasteiger partial charge in [0, 0.05) is 10.6 Å². The van der Waals surface area contributed by atoms with Crippen molar-refractivity contribution in [1.29, 1.82) is 0 Å². The van der Waals surface area contributed by atoms with E-state index in [1.807, 2.05) is 42.2 Å². The fourth-order valence-corrected chi connectivity index (χ4v) is 4.31. The topological polar surface area (TPSA) is 68.2 Å². The summed E-state index contributed by atoms with van der Waals surface area (Å²) in [4.78, 5) is 14.1. The van der Waals surface area contributed by atoms with E-state index in [0.29, 0.717) is 41.8 Å². The molecule has 1 fully saturated rings. The number of methoxy groups -OCH3 is 2. The van der Waals surface area contributed by atoms with Crippen LogP contribution in [-0.2, 0) is 4.79 Å². The molecule has 2 unspecified atom stereocenters. The second-order valence-corrected chi connectivity index (χ2v) is 7.66. The number of likely N-dealkylation sites (tertiary alicyclic amines) is 1. The summed E-state index contributed by atoms with van der Waals surface area (Å²) in [5.74, 6) is 1.09. The number of rotatable bonds is 8. The molecule has 1 N–H and O–H groups in total. The Morgan fingerprint density at radius 1 is 1.13 bits per heavy atom. The Kier molecular flexibility index (Phi) is 7.45. The molecule has 1 heterocycles. The van der Waals surface area contributed by atoms with Crippen LogP contribution in [0.15, 0.2) is 36.4 Å². The van der Waals surface area contributed by atoms with Gasteiger partial charge in [-0.25, -0.2) is 0 Å². The summed E-state index contributed by atoms with van der Waals surface area (Å²) < 4.78 is 16.8. The zero-order chi connectivity index (χ0) is 21.7. The Balaban J connectivity index is 2.19. The van der Waals surface area contributed by atoms with Gasteiger partial charge < -0.3 is 19.3 Å². The predicted molar refractivity (Wildman–Crippen MR) is 116 cm³/mol. The molecule has 2 aromatic rings. The van der Waals surface area contributed by atoms with Crippen molar-refractivity contribution in [1.82, 2.24) is 4.90 Å². The van der Waals surface area contributed by atoms with Gasteiger partial charge in [-0.1, -0.05) is 24.1 Å². The Hall–Kier alpha value is -2.44.